The van der Waals surface area contributed by atoms with Gasteiger partial charge in [0.05, 0.1) is 11.0 Å². The maximum atomic E-state index is 11.8. The van der Waals surface area contributed by atoms with E-state index in [2.05, 4.69) is 56.3 Å². The van der Waals surface area contributed by atoms with E-state index in [9.17, 15) is 8.42 Å². The Hall–Kier alpha value is -1.61. The number of benzene rings is 2. The summed E-state index contributed by atoms with van der Waals surface area (Å²) in [5, 5.41) is -0.246. The van der Waals surface area contributed by atoms with Gasteiger partial charge in [0.25, 0.3) is 0 Å². The van der Waals surface area contributed by atoms with E-state index < -0.39 is 9.84 Å². The van der Waals surface area contributed by atoms with E-state index in [1.807, 2.05) is 0 Å². The third-order valence-corrected chi connectivity index (χ3v) is 7.70. The number of hydrogen-bond acceptors (Lipinski definition) is 2. The zero-order chi connectivity index (χ0) is 19.9. The lowest BCUT2D eigenvalue weighted by atomic mass is 9.98. The fourth-order valence-corrected chi connectivity index (χ4v) is 4.26. The molecule has 148 valence electrons. The molecule has 2 aromatic rings. The summed E-state index contributed by atoms with van der Waals surface area (Å²) in [6.07, 6.45) is 6.36. The van der Waals surface area contributed by atoms with E-state index in [4.69, 9.17) is 0 Å². The van der Waals surface area contributed by atoms with Gasteiger partial charge in [0.2, 0.25) is 0 Å². The third kappa shape index (κ3) is 6.80. The summed E-state index contributed by atoms with van der Waals surface area (Å²) in [6.45, 7) is 7.83. The second-order valence-electron chi connectivity index (χ2n) is 7.93. The molecule has 2 rings (SSSR count). The lowest BCUT2D eigenvalue weighted by Gasteiger charge is -2.08. The molecule has 3 heteroatoms. The van der Waals surface area contributed by atoms with Gasteiger partial charge in [-0.05, 0) is 74.8 Å². The Labute approximate surface area is 165 Å². The summed E-state index contributed by atoms with van der Waals surface area (Å²) in [5.74, 6) is 0.338. The van der Waals surface area contributed by atoms with Crippen molar-refractivity contribution in [1.82, 2.24) is 0 Å². The largest absolute Gasteiger partial charge is 0.229 e. The Balaban J connectivity index is 1.70. The number of unbranched alkanes of at least 4 members (excludes halogenated alkanes) is 4. The maximum absolute atomic E-state index is 11.8. The molecule has 0 radical (unpaired) electrons. The van der Waals surface area contributed by atoms with Crippen LogP contribution in [0.5, 0.6) is 0 Å². The highest BCUT2D eigenvalue weighted by molar-refractivity contribution is 7.91. The fourth-order valence-electron chi connectivity index (χ4n) is 3.18. The molecule has 0 aliphatic heterocycles. The molecule has 0 unspecified atom stereocenters. The van der Waals surface area contributed by atoms with Crippen molar-refractivity contribution in [2.24, 2.45) is 0 Å². The lowest BCUT2D eigenvalue weighted by molar-refractivity contribution is 0.577. The minimum absolute atomic E-state index is 0.246. The number of aryl methyl sites for hydroxylation is 3. The Kier molecular flexibility index (Phi) is 8.09. The molecule has 0 atom stereocenters. The van der Waals surface area contributed by atoms with Crippen molar-refractivity contribution in [2.45, 2.75) is 71.5 Å². The van der Waals surface area contributed by atoms with Crippen LogP contribution in [0.25, 0.3) is 11.1 Å². The predicted octanol–water partition coefficient (Wildman–Crippen LogP) is 6.29. The smallest absolute Gasteiger partial charge is 0.152 e. The van der Waals surface area contributed by atoms with Crippen LogP contribution in [0.3, 0.4) is 0 Å². The van der Waals surface area contributed by atoms with Crippen molar-refractivity contribution in [3.63, 3.8) is 0 Å². The summed E-state index contributed by atoms with van der Waals surface area (Å²) in [7, 11) is -2.87. The van der Waals surface area contributed by atoms with Crippen LogP contribution in [0.1, 0.15) is 62.6 Å². The van der Waals surface area contributed by atoms with Crippen molar-refractivity contribution < 1.29 is 8.42 Å². The summed E-state index contributed by atoms with van der Waals surface area (Å²) in [6, 6.07) is 15.5. The molecule has 0 fully saturated rings. The van der Waals surface area contributed by atoms with Crippen LogP contribution in [0.4, 0.5) is 0 Å². The van der Waals surface area contributed by atoms with Gasteiger partial charge in [-0.25, -0.2) is 8.42 Å². The summed E-state index contributed by atoms with van der Waals surface area (Å²) < 4.78 is 23.5. The lowest BCUT2D eigenvalue weighted by Crippen LogP contribution is -2.17. The quantitative estimate of drug-likeness (QED) is 0.450. The molecular formula is C24H34O2S. The number of rotatable bonds is 10. The van der Waals surface area contributed by atoms with Gasteiger partial charge in [0, 0.05) is 0 Å². The summed E-state index contributed by atoms with van der Waals surface area (Å²) >= 11 is 0. The molecular weight excluding hydrogens is 352 g/mol. The molecule has 0 aromatic heterocycles. The standard InChI is InChI=1S/C24H34O2S/c1-19(2)27(25,26)17-9-7-5-6-8-10-22-12-15-23(16-13-22)24-14-11-20(3)21(4)18-24/h11-16,18-19H,5-10,17H2,1-4H3. The van der Waals surface area contributed by atoms with Gasteiger partial charge in [0.15, 0.2) is 9.84 Å². The molecule has 0 heterocycles. The second-order valence-corrected chi connectivity index (χ2v) is 10.6. The summed E-state index contributed by atoms with van der Waals surface area (Å²) in [4.78, 5) is 0. The van der Waals surface area contributed by atoms with Crippen LogP contribution >= 0.6 is 0 Å². The Morgan fingerprint density at radius 3 is 1.96 bits per heavy atom. The monoisotopic (exact) mass is 386 g/mol. The minimum Gasteiger partial charge on any atom is -0.229 e. The van der Waals surface area contributed by atoms with E-state index >= 15 is 0 Å². The molecule has 0 N–H and O–H groups in total. The topological polar surface area (TPSA) is 34.1 Å². The van der Waals surface area contributed by atoms with Crippen LogP contribution in [0, 0.1) is 13.8 Å². The normalized spacial score (nSPS) is 11.9. The van der Waals surface area contributed by atoms with E-state index in [1.165, 1.54) is 40.7 Å². The molecule has 0 bridgehead atoms. The van der Waals surface area contributed by atoms with E-state index in [0.29, 0.717) is 5.75 Å². The van der Waals surface area contributed by atoms with Crippen molar-refractivity contribution >= 4 is 9.84 Å². The molecule has 0 saturated carbocycles. The predicted molar refractivity (Wildman–Crippen MR) is 117 cm³/mol. The van der Waals surface area contributed by atoms with Crippen molar-refractivity contribution in [2.75, 3.05) is 5.75 Å². The van der Waals surface area contributed by atoms with Crippen LogP contribution in [0.15, 0.2) is 42.5 Å². The molecule has 0 spiro atoms. The van der Waals surface area contributed by atoms with Crippen LogP contribution in [-0.4, -0.2) is 19.4 Å². The van der Waals surface area contributed by atoms with Crippen molar-refractivity contribution in [1.29, 1.82) is 0 Å². The summed E-state index contributed by atoms with van der Waals surface area (Å²) in [5.41, 5.74) is 6.59. The SMILES string of the molecule is Cc1ccc(-c2ccc(CCCCCCCS(=O)(=O)C(C)C)cc2)cc1C. The first kappa shape index (κ1) is 21.7. The molecule has 0 aliphatic rings. The van der Waals surface area contributed by atoms with E-state index in [0.717, 1.165) is 25.7 Å². The van der Waals surface area contributed by atoms with Crippen molar-refractivity contribution in [3.8, 4) is 11.1 Å². The van der Waals surface area contributed by atoms with Crippen LogP contribution in [0.2, 0.25) is 0 Å². The minimum atomic E-state index is -2.87. The van der Waals surface area contributed by atoms with Gasteiger partial charge in [-0.1, -0.05) is 61.7 Å². The number of hydrogen-bond donors (Lipinski definition) is 0. The average molecular weight is 387 g/mol. The first-order valence-corrected chi connectivity index (χ1v) is 11.9. The molecule has 27 heavy (non-hydrogen) atoms. The molecule has 0 amide bonds. The van der Waals surface area contributed by atoms with E-state index in [-0.39, 0.29) is 5.25 Å². The number of sulfone groups is 1. The van der Waals surface area contributed by atoms with Gasteiger partial charge in [-0.3, -0.25) is 0 Å². The highest BCUT2D eigenvalue weighted by Crippen LogP contribution is 2.23. The highest BCUT2D eigenvalue weighted by atomic mass is 32.2. The molecule has 0 saturated heterocycles. The van der Waals surface area contributed by atoms with E-state index in [1.54, 1.807) is 13.8 Å². The van der Waals surface area contributed by atoms with Crippen LogP contribution in [-0.2, 0) is 16.3 Å². The fraction of sp³-hybridized carbons (Fsp3) is 0.500. The molecule has 0 aliphatic carbocycles. The average Bonchev–Trinajstić information content (AvgIpc) is 2.63. The highest BCUT2D eigenvalue weighted by Gasteiger charge is 2.14. The van der Waals surface area contributed by atoms with Gasteiger partial charge in [-0.2, -0.15) is 0 Å². The Morgan fingerprint density at radius 2 is 1.33 bits per heavy atom. The van der Waals surface area contributed by atoms with Gasteiger partial charge >= 0.3 is 0 Å². The second kappa shape index (κ2) is 10.1. The van der Waals surface area contributed by atoms with Gasteiger partial charge in [-0.15, -0.1) is 0 Å². The molecule has 2 aromatic carbocycles. The first-order valence-electron chi connectivity index (χ1n) is 10.2. The first-order chi connectivity index (χ1) is 12.8. The Bertz CT molecular complexity index is 818. The molecule has 2 nitrogen and oxygen atoms in total. The maximum Gasteiger partial charge on any atom is 0.152 e. The Morgan fingerprint density at radius 1 is 0.741 bits per heavy atom. The third-order valence-electron chi connectivity index (χ3n) is 5.41. The zero-order valence-electron chi connectivity index (χ0n) is 17.3. The van der Waals surface area contributed by atoms with Gasteiger partial charge in [0.1, 0.15) is 0 Å². The van der Waals surface area contributed by atoms with Gasteiger partial charge < -0.3 is 0 Å². The zero-order valence-corrected chi connectivity index (χ0v) is 18.1. The van der Waals surface area contributed by atoms with Crippen LogP contribution < -0.4 is 0 Å². The van der Waals surface area contributed by atoms with Crippen molar-refractivity contribution in [3.05, 3.63) is 59.2 Å².